The number of hydrogen-bond acceptors (Lipinski definition) is 2. The van der Waals surface area contributed by atoms with Gasteiger partial charge in [0, 0.05) is 9.13 Å². The largest absolute Gasteiger partial charge is 0.366 e. The van der Waals surface area contributed by atoms with Crippen LogP contribution < -0.4 is 5.73 Å². The van der Waals surface area contributed by atoms with Crippen LogP contribution in [-0.2, 0) is 0 Å². The lowest BCUT2D eigenvalue weighted by atomic mass is 10.1. The van der Waals surface area contributed by atoms with Crippen molar-refractivity contribution in [3.05, 3.63) is 32.4 Å². The minimum Gasteiger partial charge on any atom is -0.366 e. The molecule has 13 heavy (non-hydrogen) atoms. The Balaban J connectivity index is 3.39. The van der Waals surface area contributed by atoms with Crippen molar-refractivity contribution in [3.63, 3.8) is 0 Å². The molecular weight excluding hydrogens is 281 g/mol. The van der Waals surface area contributed by atoms with Gasteiger partial charge in [-0.15, -0.1) is 0 Å². The lowest BCUT2D eigenvalue weighted by Gasteiger charge is -2.04. The number of aldehydes is 1. The quantitative estimate of drug-likeness (QED) is 0.662. The van der Waals surface area contributed by atoms with E-state index in [-0.39, 0.29) is 0 Å². The number of benzene rings is 1. The van der Waals surface area contributed by atoms with Crippen molar-refractivity contribution < 1.29 is 9.59 Å². The van der Waals surface area contributed by atoms with Crippen LogP contribution >= 0.6 is 22.6 Å². The summed E-state index contributed by atoms with van der Waals surface area (Å²) in [6.45, 7) is 1.76. The van der Waals surface area contributed by atoms with Gasteiger partial charge in [-0.25, -0.2) is 0 Å². The van der Waals surface area contributed by atoms with Crippen molar-refractivity contribution in [1.29, 1.82) is 0 Å². The van der Waals surface area contributed by atoms with E-state index in [0.29, 0.717) is 14.7 Å². The number of aryl methyl sites for hydroxylation is 1. The van der Waals surface area contributed by atoms with Gasteiger partial charge in [0.15, 0.2) is 0 Å². The van der Waals surface area contributed by atoms with Crippen LogP contribution in [-0.4, -0.2) is 12.2 Å². The fraction of sp³-hybridized carbons (Fsp3) is 0.111. The Kier molecular flexibility index (Phi) is 3.02. The van der Waals surface area contributed by atoms with E-state index in [0.717, 1.165) is 11.8 Å². The highest BCUT2D eigenvalue weighted by atomic mass is 127. The molecular formula is C9H8INO2. The molecule has 4 heteroatoms. The van der Waals surface area contributed by atoms with Gasteiger partial charge in [0.1, 0.15) is 6.29 Å². The first-order valence-corrected chi connectivity index (χ1v) is 4.69. The highest BCUT2D eigenvalue weighted by molar-refractivity contribution is 14.1. The first kappa shape index (κ1) is 10.2. The molecule has 2 N–H and O–H groups in total. The summed E-state index contributed by atoms with van der Waals surface area (Å²) in [5, 5.41) is 0. The molecule has 0 aliphatic rings. The van der Waals surface area contributed by atoms with E-state index < -0.39 is 5.91 Å². The highest BCUT2D eigenvalue weighted by Crippen LogP contribution is 2.17. The van der Waals surface area contributed by atoms with Gasteiger partial charge in [0.2, 0.25) is 5.91 Å². The van der Waals surface area contributed by atoms with E-state index in [9.17, 15) is 9.59 Å². The molecule has 1 aromatic carbocycles. The van der Waals surface area contributed by atoms with Gasteiger partial charge in [-0.05, 0) is 47.2 Å². The summed E-state index contributed by atoms with van der Waals surface area (Å²) in [7, 11) is 0. The third kappa shape index (κ3) is 2.06. The second-order valence-electron chi connectivity index (χ2n) is 2.68. The number of hydrogen-bond donors (Lipinski definition) is 1. The number of halogens is 1. The van der Waals surface area contributed by atoms with Crippen molar-refractivity contribution in [2.45, 2.75) is 6.92 Å². The SMILES string of the molecule is Cc1cc(C=O)cc(I)c1C(N)=O. The van der Waals surface area contributed by atoms with Crippen LogP contribution in [0.25, 0.3) is 0 Å². The minimum absolute atomic E-state index is 0.459. The first-order chi connectivity index (χ1) is 6.06. The predicted molar refractivity (Wildman–Crippen MR) is 57.8 cm³/mol. The molecule has 0 aliphatic carbocycles. The molecule has 0 saturated carbocycles. The monoisotopic (exact) mass is 289 g/mol. The highest BCUT2D eigenvalue weighted by Gasteiger charge is 2.10. The summed E-state index contributed by atoms with van der Waals surface area (Å²) in [5.74, 6) is -0.459. The van der Waals surface area contributed by atoms with Crippen LogP contribution in [0.2, 0.25) is 0 Å². The van der Waals surface area contributed by atoms with Gasteiger partial charge >= 0.3 is 0 Å². The van der Waals surface area contributed by atoms with Gasteiger partial charge in [0.05, 0.1) is 5.56 Å². The van der Waals surface area contributed by atoms with Crippen molar-refractivity contribution in [2.75, 3.05) is 0 Å². The number of carbonyl (C=O) groups is 2. The lowest BCUT2D eigenvalue weighted by Crippen LogP contribution is -2.14. The summed E-state index contributed by atoms with van der Waals surface area (Å²) in [6.07, 6.45) is 0.750. The number of primary amides is 1. The molecule has 0 unspecified atom stereocenters. The number of nitrogens with two attached hydrogens (primary N) is 1. The molecule has 0 aliphatic heterocycles. The van der Waals surface area contributed by atoms with Gasteiger partial charge in [-0.2, -0.15) is 0 Å². The summed E-state index contributed by atoms with van der Waals surface area (Å²) in [4.78, 5) is 21.4. The third-order valence-corrected chi connectivity index (χ3v) is 2.54. The molecule has 1 aromatic rings. The molecule has 0 fully saturated rings. The minimum atomic E-state index is -0.459. The van der Waals surface area contributed by atoms with E-state index in [2.05, 4.69) is 0 Å². The van der Waals surface area contributed by atoms with Crippen LogP contribution in [0.15, 0.2) is 12.1 Å². The molecule has 3 nitrogen and oxygen atoms in total. The third-order valence-electron chi connectivity index (χ3n) is 1.69. The van der Waals surface area contributed by atoms with Gasteiger partial charge in [-0.1, -0.05) is 0 Å². The van der Waals surface area contributed by atoms with Crippen molar-refractivity contribution in [1.82, 2.24) is 0 Å². The zero-order chi connectivity index (χ0) is 10.0. The van der Waals surface area contributed by atoms with Crippen LogP contribution in [0.1, 0.15) is 26.3 Å². The lowest BCUT2D eigenvalue weighted by molar-refractivity contribution is 0.0998. The number of rotatable bonds is 2. The van der Waals surface area contributed by atoms with E-state index in [1.807, 2.05) is 22.6 Å². The zero-order valence-electron chi connectivity index (χ0n) is 7.00. The first-order valence-electron chi connectivity index (χ1n) is 3.61. The molecule has 1 rings (SSSR count). The summed E-state index contributed by atoms with van der Waals surface area (Å²) >= 11 is 1.99. The van der Waals surface area contributed by atoms with Crippen LogP contribution in [0.4, 0.5) is 0 Å². The molecule has 0 atom stereocenters. The normalized spacial score (nSPS) is 9.69. The standard InChI is InChI=1S/C9H8INO2/c1-5-2-6(4-12)3-7(10)8(5)9(11)13/h2-4H,1H3,(H2,11,13). The maximum absolute atomic E-state index is 11.0. The molecule has 0 aromatic heterocycles. The van der Waals surface area contributed by atoms with E-state index in [1.54, 1.807) is 19.1 Å². The second kappa shape index (κ2) is 3.87. The summed E-state index contributed by atoms with van der Waals surface area (Å²) < 4.78 is 0.715. The molecule has 0 heterocycles. The molecule has 0 bridgehead atoms. The Morgan fingerprint density at radius 3 is 2.54 bits per heavy atom. The predicted octanol–water partition coefficient (Wildman–Crippen LogP) is 1.51. The Hall–Kier alpha value is -0.910. The Morgan fingerprint density at radius 1 is 1.54 bits per heavy atom. The van der Waals surface area contributed by atoms with Crippen molar-refractivity contribution in [3.8, 4) is 0 Å². The molecule has 0 saturated heterocycles. The second-order valence-corrected chi connectivity index (χ2v) is 3.84. The van der Waals surface area contributed by atoms with E-state index in [1.165, 1.54) is 0 Å². The molecule has 68 valence electrons. The van der Waals surface area contributed by atoms with Gasteiger partial charge in [-0.3, -0.25) is 9.59 Å². The zero-order valence-corrected chi connectivity index (χ0v) is 9.16. The maximum Gasteiger partial charge on any atom is 0.250 e. The smallest absolute Gasteiger partial charge is 0.250 e. The topological polar surface area (TPSA) is 60.2 Å². The maximum atomic E-state index is 11.0. The van der Waals surface area contributed by atoms with E-state index in [4.69, 9.17) is 5.73 Å². The molecule has 0 radical (unpaired) electrons. The Morgan fingerprint density at radius 2 is 2.15 bits per heavy atom. The summed E-state index contributed by atoms with van der Waals surface area (Å²) in [6, 6.07) is 3.29. The average Bonchev–Trinajstić information content (AvgIpc) is 2.02. The van der Waals surface area contributed by atoms with Crippen LogP contribution in [0.3, 0.4) is 0 Å². The fourth-order valence-corrected chi connectivity index (χ4v) is 2.20. The number of carbonyl (C=O) groups excluding carboxylic acids is 2. The van der Waals surface area contributed by atoms with Gasteiger partial charge in [0.25, 0.3) is 0 Å². The van der Waals surface area contributed by atoms with Crippen LogP contribution in [0, 0.1) is 10.5 Å². The van der Waals surface area contributed by atoms with Crippen LogP contribution in [0.5, 0.6) is 0 Å². The average molecular weight is 289 g/mol. The van der Waals surface area contributed by atoms with Gasteiger partial charge < -0.3 is 5.73 Å². The Labute approximate surface area is 89.5 Å². The molecule has 1 amide bonds. The Bertz CT molecular complexity index is 351. The fourth-order valence-electron chi connectivity index (χ4n) is 1.15. The van der Waals surface area contributed by atoms with E-state index >= 15 is 0 Å². The van der Waals surface area contributed by atoms with Crippen molar-refractivity contribution >= 4 is 34.8 Å². The molecule has 0 spiro atoms. The number of amides is 1. The van der Waals surface area contributed by atoms with Crippen molar-refractivity contribution in [2.24, 2.45) is 5.73 Å². The summed E-state index contributed by atoms with van der Waals surface area (Å²) in [5.41, 5.74) is 6.97.